The minimum absolute atomic E-state index is 0.238. The van der Waals surface area contributed by atoms with E-state index >= 15 is 0 Å². The average Bonchev–Trinajstić information content (AvgIpc) is 2.94. The normalized spacial score (nSPS) is 10.5. The Kier molecular flexibility index (Phi) is 5.44. The summed E-state index contributed by atoms with van der Waals surface area (Å²) < 4.78 is 5.08. The zero-order valence-electron chi connectivity index (χ0n) is 13.6. The molecule has 0 unspecified atom stereocenters. The summed E-state index contributed by atoms with van der Waals surface area (Å²) in [6, 6.07) is 5.08. The molecular weight excluding hydrogens is 318 g/mol. The van der Waals surface area contributed by atoms with Crippen LogP contribution in [0.4, 0.5) is 16.2 Å². The van der Waals surface area contributed by atoms with Crippen molar-refractivity contribution in [2.45, 2.75) is 19.9 Å². The van der Waals surface area contributed by atoms with E-state index in [-0.39, 0.29) is 12.6 Å². The van der Waals surface area contributed by atoms with Gasteiger partial charge in [-0.05, 0) is 18.2 Å². The van der Waals surface area contributed by atoms with E-state index in [4.69, 9.17) is 16.1 Å². The fourth-order valence-electron chi connectivity index (χ4n) is 1.94. The number of amides is 2. The molecule has 0 spiro atoms. The summed E-state index contributed by atoms with van der Waals surface area (Å²) in [6.45, 7) is 2.18. The molecule has 0 aliphatic heterocycles. The molecule has 2 rings (SSSR count). The predicted octanol–water partition coefficient (Wildman–Crippen LogP) is 3.02. The van der Waals surface area contributed by atoms with Crippen LogP contribution in [0.2, 0.25) is 5.02 Å². The van der Waals surface area contributed by atoms with Crippen molar-refractivity contribution >= 4 is 29.0 Å². The van der Waals surface area contributed by atoms with Gasteiger partial charge in [0, 0.05) is 33.3 Å². The van der Waals surface area contributed by atoms with Gasteiger partial charge in [-0.2, -0.15) is 4.98 Å². The van der Waals surface area contributed by atoms with Gasteiger partial charge in [-0.3, -0.25) is 0 Å². The maximum Gasteiger partial charge on any atom is 0.322 e. The monoisotopic (exact) mass is 337 g/mol. The van der Waals surface area contributed by atoms with Gasteiger partial charge in [0.15, 0.2) is 5.82 Å². The number of carbonyl (C=O) groups is 1. The van der Waals surface area contributed by atoms with Gasteiger partial charge in [-0.15, -0.1) is 0 Å². The highest BCUT2D eigenvalue weighted by molar-refractivity contribution is 6.33. The van der Waals surface area contributed by atoms with E-state index < -0.39 is 0 Å². The summed E-state index contributed by atoms with van der Waals surface area (Å²) in [7, 11) is 5.46. The summed E-state index contributed by atoms with van der Waals surface area (Å²) in [5, 5.41) is 7.16. The Hall–Kier alpha value is -2.28. The number of nitrogens with zero attached hydrogens (tertiary/aromatic N) is 4. The highest BCUT2D eigenvalue weighted by atomic mass is 35.5. The Bertz CT molecular complexity index is 686. The van der Waals surface area contributed by atoms with E-state index in [1.54, 1.807) is 19.2 Å². The van der Waals surface area contributed by atoms with E-state index in [0.29, 0.717) is 28.8 Å². The van der Waals surface area contributed by atoms with Gasteiger partial charge in [-0.25, -0.2) is 4.79 Å². The van der Waals surface area contributed by atoms with Gasteiger partial charge < -0.3 is 19.6 Å². The van der Waals surface area contributed by atoms with Crippen LogP contribution in [-0.2, 0) is 13.0 Å². The number of anilines is 2. The molecule has 124 valence electrons. The molecule has 0 radical (unpaired) electrons. The largest absolute Gasteiger partial charge is 0.376 e. The first-order valence-corrected chi connectivity index (χ1v) is 7.59. The topological polar surface area (TPSA) is 74.5 Å². The molecule has 23 heavy (non-hydrogen) atoms. The molecule has 2 amide bonds. The number of halogens is 1. The molecule has 1 aromatic heterocycles. The van der Waals surface area contributed by atoms with Crippen LogP contribution < -0.4 is 10.2 Å². The zero-order chi connectivity index (χ0) is 17.0. The quantitative estimate of drug-likeness (QED) is 0.907. The van der Waals surface area contributed by atoms with Crippen molar-refractivity contribution in [2.24, 2.45) is 0 Å². The fourth-order valence-corrected chi connectivity index (χ4v) is 2.29. The number of nitrogens with one attached hydrogen (secondary N) is 1. The SMILES string of the molecule is CCc1noc(CN(C)C(=O)Nc2ccc(N(C)C)c(Cl)c2)n1. The molecular formula is C15H20ClN5O2. The summed E-state index contributed by atoms with van der Waals surface area (Å²) in [5.74, 6) is 1.03. The van der Waals surface area contributed by atoms with E-state index in [0.717, 1.165) is 5.69 Å². The zero-order valence-corrected chi connectivity index (χ0v) is 14.4. The summed E-state index contributed by atoms with van der Waals surface area (Å²) in [4.78, 5) is 19.7. The third-order valence-corrected chi connectivity index (χ3v) is 3.53. The molecule has 1 aromatic carbocycles. The molecule has 0 saturated heterocycles. The van der Waals surface area contributed by atoms with Crippen LogP contribution in [-0.4, -0.2) is 42.2 Å². The molecule has 7 nitrogen and oxygen atoms in total. The Morgan fingerprint density at radius 3 is 2.65 bits per heavy atom. The van der Waals surface area contributed by atoms with Crippen molar-refractivity contribution in [1.82, 2.24) is 15.0 Å². The maximum absolute atomic E-state index is 12.2. The summed E-state index contributed by atoms with van der Waals surface area (Å²) >= 11 is 6.20. The van der Waals surface area contributed by atoms with Crippen LogP contribution in [0.3, 0.4) is 0 Å². The lowest BCUT2D eigenvalue weighted by molar-refractivity contribution is 0.213. The van der Waals surface area contributed by atoms with Crippen LogP contribution in [0.1, 0.15) is 18.6 Å². The number of benzene rings is 1. The fraction of sp³-hybridized carbons (Fsp3) is 0.400. The first-order chi connectivity index (χ1) is 10.9. The van der Waals surface area contributed by atoms with Crippen molar-refractivity contribution < 1.29 is 9.32 Å². The maximum atomic E-state index is 12.2. The molecule has 0 bridgehead atoms. The second kappa shape index (κ2) is 7.32. The van der Waals surface area contributed by atoms with E-state index in [9.17, 15) is 4.79 Å². The van der Waals surface area contributed by atoms with E-state index in [2.05, 4.69) is 15.5 Å². The number of urea groups is 1. The van der Waals surface area contributed by atoms with Crippen molar-refractivity contribution in [3.05, 3.63) is 34.9 Å². The third-order valence-electron chi connectivity index (χ3n) is 3.23. The van der Waals surface area contributed by atoms with Crippen molar-refractivity contribution in [3.63, 3.8) is 0 Å². The van der Waals surface area contributed by atoms with Crippen LogP contribution in [0.15, 0.2) is 22.7 Å². The number of rotatable bonds is 5. The number of hydrogen-bond donors (Lipinski definition) is 1. The summed E-state index contributed by atoms with van der Waals surface area (Å²) in [6.07, 6.45) is 0.691. The minimum Gasteiger partial charge on any atom is -0.376 e. The number of hydrogen-bond acceptors (Lipinski definition) is 5. The lowest BCUT2D eigenvalue weighted by atomic mass is 10.2. The van der Waals surface area contributed by atoms with E-state index in [1.807, 2.05) is 32.0 Å². The number of carbonyl (C=O) groups excluding carboxylic acids is 1. The van der Waals surface area contributed by atoms with Crippen LogP contribution >= 0.6 is 11.6 Å². The molecule has 1 heterocycles. The molecule has 0 fully saturated rings. The van der Waals surface area contributed by atoms with Crippen molar-refractivity contribution in [1.29, 1.82) is 0 Å². The molecule has 2 aromatic rings. The second-order valence-electron chi connectivity index (χ2n) is 5.30. The van der Waals surface area contributed by atoms with Gasteiger partial charge in [-0.1, -0.05) is 23.7 Å². The Morgan fingerprint density at radius 1 is 1.35 bits per heavy atom. The Labute approximate surface area is 140 Å². The van der Waals surface area contributed by atoms with E-state index in [1.165, 1.54) is 4.90 Å². The molecule has 1 N–H and O–H groups in total. The number of aryl methyl sites for hydroxylation is 1. The highest BCUT2D eigenvalue weighted by Gasteiger charge is 2.14. The second-order valence-corrected chi connectivity index (χ2v) is 5.71. The van der Waals surface area contributed by atoms with Gasteiger partial charge in [0.2, 0.25) is 5.89 Å². The first kappa shape index (κ1) is 17.1. The molecule has 0 aliphatic rings. The smallest absolute Gasteiger partial charge is 0.322 e. The predicted molar refractivity (Wildman–Crippen MR) is 89.9 cm³/mol. The van der Waals surface area contributed by atoms with Crippen LogP contribution in [0.25, 0.3) is 0 Å². The molecule has 0 aliphatic carbocycles. The van der Waals surface area contributed by atoms with Gasteiger partial charge in [0.25, 0.3) is 0 Å². The van der Waals surface area contributed by atoms with Crippen LogP contribution in [0.5, 0.6) is 0 Å². The van der Waals surface area contributed by atoms with Gasteiger partial charge in [0.05, 0.1) is 10.7 Å². The highest BCUT2D eigenvalue weighted by Crippen LogP contribution is 2.27. The lowest BCUT2D eigenvalue weighted by Crippen LogP contribution is -2.31. The van der Waals surface area contributed by atoms with Crippen molar-refractivity contribution in [3.8, 4) is 0 Å². The van der Waals surface area contributed by atoms with Crippen molar-refractivity contribution in [2.75, 3.05) is 31.4 Å². The minimum atomic E-state index is -0.282. The third kappa shape index (κ3) is 4.35. The number of aromatic nitrogens is 2. The molecule has 0 atom stereocenters. The molecule has 0 saturated carbocycles. The van der Waals surface area contributed by atoms with Crippen LogP contribution in [0, 0.1) is 0 Å². The Morgan fingerprint density at radius 2 is 2.09 bits per heavy atom. The van der Waals surface area contributed by atoms with Gasteiger partial charge in [0.1, 0.15) is 6.54 Å². The lowest BCUT2D eigenvalue weighted by Gasteiger charge is -2.18. The summed E-state index contributed by atoms with van der Waals surface area (Å²) in [5.41, 5.74) is 1.51. The Balaban J connectivity index is 1.99. The average molecular weight is 338 g/mol. The standard InChI is InChI=1S/C15H20ClN5O2/c1-5-13-18-14(23-19-13)9-21(4)15(22)17-10-6-7-12(20(2)3)11(16)8-10/h6-8H,5,9H2,1-4H3,(H,17,22). The first-order valence-electron chi connectivity index (χ1n) is 7.21. The van der Waals surface area contributed by atoms with Gasteiger partial charge >= 0.3 is 6.03 Å². The molecule has 8 heteroatoms.